The second-order valence-electron chi connectivity index (χ2n) is 6.04. The predicted octanol–water partition coefficient (Wildman–Crippen LogP) is 2.05. The van der Waals surface area contributed by atoms with E-state index in [2.05, 4.69) is 15.6 Å². The molecule has 1 aromatic rings. The quantitative estimate of drug-likeness (QED) is 0.890. The molecule has 6 nitrogen and oxygen atoms in total. The van der Waals surface area contributed by atoms with Gasteiger partial charge in [0.2, 0.25) is 5.89 Å². The first-order valence-corrected chi connectivity index (χ1v) is 7.70. The fraction of sp³-hybridized carbons (Fsp3) is 0.733. The van der Waals surface area contributed by atoms with Crippen molar-refractivity contribution >= 4 is 6.03 Å². The van der Waals surface area contributed by atoms with Crippen LogP contribution in [0.15, 0.2) is 4.42 Å². The zero-order valence-electron chi connectivity index (χ0n) is 12.6. The van der Waals surface area contributed by atoms with E-state index in [9.17, 15) is 4.79 Å². The van der Waals surface area contributed by atoms with Gasteiger partial charge in [0.15, 0.2) is 0 Å². The summed E-state index contributed by atoms with van der Waals surface area (Å²) in [4.78, 5) is 16.2. The lowest BCUT2D eigenvalue weighted by molar-refractivity contribution is -0.00915. The number of aromatic nitrogens is 1. The van der Waals surface area contributed by atoms with Crippen molar-refractivity contribution in [3.63, 3.8) is 0 Å². The standard InChI is InChI=1S/C15H23N3O3/c1-9-10(2)21-14(17-9)8-16-15(19)18-12-5-6-20-13(7-12)11-3-4-11/h11-13H,3-8H2,1-2H3,(H2,16,18,19)/t12-,13+/m1/s1. The van der Waals surface area contributed by atoms with E-state index in [1.165, 1.54) is 12.8 Å². The normalized spacial score (nSPS) is 25.6. The number of oxazole rings is 1. The molecule has 1 aliphatic carbocycles. The van der Waals surface area contributed by atoms with Crippen molar-refractivity contribution in [1.82, 2.24) is 15.6 Å². The Hall–Kier alpha value is -1.56. The van der Waals surface area contributed by atoms with Gasteiger partial charge in [-0.05, 0) is 45.4 Å². The van der Waals surface area contributed by atoms with Crippen molar-refractivity contribution in [2.24, 2.45) is 5.92 Å². The highest BCUT2D eigenvalue weighted by atomic mass is 16.5. The molecule has 2 aliphatic rings. The van der Waals surface area contributed by atoms with E-state index in [1.807, 2.05) is 13.8 Å². The van der Waals surface area contributed by atoms with E-state index in [0.717, 1.165) is 36.8 Å². The average Bonchev–Trinajstić information content (AvgIpc) is 3.25. The van der Waals surface area contributed by atoms with Crippen LogP contribution in [0.5, 0.6) is 0 Å². The van der Waals surface area contributed by atoms with Gasteiger partial charge in [-0.15, -0.1) is 0 Å². The summed E-state index contributed by atoms with van der Waals surface area (Å²) in [6, 6.07) is 0.0438. The third-order valence-corrected chi connectivity index (χ3v) is 4.27. The van der Waals surface area contributed by atoms with Gasteiger partial charge in [0, 0.05) is 12.6 Å². The molecule has 1 saturated carbocycles. The summed E-state index contributed by atoms with van der Waals surface area (Å²) in [5.41, 5.74) is 0.865. The molecule has 116 valence electrons. The van der Waals surface area contributed by atoms with E-state index in [-0.39, 0.29) is 12.1 Å². The Morgan fingerprint density at radius 3 is 2.81 bits per heavy atom. The SMILES string of the molecule is Cc1nc(CNC(=O)N[C@@H]2CCO[C@H](C3CC3)C2)oc1C. The molecule has 1 saturated heterocycles. The molecule has 1 aromatic heterocycles. The van der Waals surface area contributed by atoms with Gasteiger partial charge >= 0.3 is 6.03 Å². The monoisotopic (exact) mass is 293 g/mol. The lowest BCUT2D eigenvalue weighted by Crippen LogP contribution is -2.46. The number of aryl methyl sites for hydroxylation is 2. The molecule has 21 heavy (non-hydrogen) atoms. The number of nitrogens with one attached hydrogen (secondary N) is 2. The number of carbonyl (C=O) groups excluding carboxylic acids is 1. The molecule has 2 amide bonds. The maximum absolute atomic E-state index is 11.9. The highest BCUT2D eigenvalue weighted by Crippen LogP contribution is 2.38. The Morgan fingerprint density at radius 1 is 1.33 bits per heavy atom. The third-order valence-electron chi connectivity index (χ3n) is 4.27. The van der Waals surface area contributed by atoms with Crippen LogP contribution in [0.1, 0.15) is 43.0 Å². The van der Waals surface area contributed by atoms with Crippen molar-refractivity contribution in [1.29, 1.82) is 0 Å². The first kappa shape index (κ1) is 14.4. The van der Waals surface area contributed by atoms with Gasteiger partial charge in [0.1, 0.15) is 5.76 Å². The highest BCUT2D eigenvalue weighted by molar-refractivity contribution is 5.74. The largest absolute Gasteiger partial charge is 0.444 e. The third kappa shape index (κ3) is 3.75. The van der Waals surface area contributed by atoms with Crippen molar-refractivity contribution in [3.8, 4) is 0 Å². The summed E-state index contributed by atoms with van der Waals surface area (Å²) in [7, 11) is 0. The minimum atomic E-state index is -0.162. The fourth-order valence-corrected chi connectivity index (χ4v) is 2.76. The second kappa shape index (κ2) is 6.05. The Balaban J connectivity index is 1.43. The van der Waals surface area contributed by atoms with Gasteiger partial charge in [0.05, 0.1) is 18.3 Å². The van der Waals surface area contributed by atoms with Gasteiger partial charge in [-0.3, -0.25) is 0 Å². The zero-order chi connectivity index (χ0) is 14.8. The van der Waals surface area contributed by atoms with Gasteiger partial charge in [0.25, 0.3) is 0 Å². The zero-order valence-corrected chi connectivity index (χ0v) is 12.6. The van der Waals surface area contributed by atoms with Crippen molar-refractivity contribution < 1.29 is 13.9 Å². The number of ether oxygens (including phenoxy) is 1. The van der Waals surface area contributed by atoms with Crippen LogP contribution in [0.25, 0.3) is 0 Å². The fourth-order valence-electron chi connectivity index (χ4n) is 2.76. The number of hydrogen-bond acceptors (Lipinski definition) is 4. The Kier molecular flexibility index (Phi) is 4.14. The van der Waals surface area contributed by atoms with Crippen LogP contribution in [0.2, 0.25) is 0 Å². The van der Waals surface area contributed by atoms with Crippen LogP contribution in [-0.2, 0) is 11.3 Å². The van der Waals surface area contributed by atoms with Crippen LogP contribution in [0.4, 0.5) is 4.79 Å². The molecular formula is C15H23N3O3. The van der Waals surface area contributed by atoms with Crippen LogP contribution >= 0.6 is 0 Å². The van der Waals surface area contributed by atoms with Crippen molar-refractivity contribution in [3.05, 3.63) is 17.3 Å². The minimum Gasteiger partial charge on any atom is -0.444 e. The molecular weight excluding hydrogens is 270 g/mol. The summed E-state index contributed by atoms with van der Waals surface area (Å²) < 4.78 is 11.2. The first-order chi connectivity index (χ1) is 10.1. The maximum atomic E-state index is 11.9. The number of amides is 2. The van der Waals surface area contributed by atoms with Gasteiger partial charge < -0.3 is 19.8 Å². The Morgan fingerprint density at radius 2 is 2.14 bits per heavy atom. The smallest absolute Gasteiger partial charge is 0.315 e. The summed E-state index contributed by atoms with van der Waals surface area (Å²) in [6.45, 7) is 4.81. The molecule has 0 aromatic carbocycles. The van der Waals surface area contributed by atoms with Gasteiger partial charge in [-0.25, -0.2) is 9.78 Å². The lowest BCUT2D eigenvalue weighted by Gasteiger charge is -2.30. The molecule has 2 N–H and O–H groups in total. The summed E-state index contributed by atoms with van der Waals surface area (Å²) in [5, 5.41) is 5.82. The van der Waals surface area contributed by atoms with Crippen molar-refractivity contribution in [2.45, 2.75) is 58.2 Å². The molecule has 3 rings (SSSR count). The van der Waals surface area contributed by atoms with Crippen LogP contribution < -0.4 is 10.6 Å². The molecule has 0 bridgehead atoms. The second-order valence-corrected chi connectivity index (χ2v) is 6.04. The van der Waals surface area contributed by atoms with Gasteiger partial charge in [-0.2, -0.15) is 0 Å². The molecule has 2 fully saturated rings. The van der Waals surface area contributed by atoms with Gasteiger partial charge in [-0.1, -0.05) is 0 Å². The molecule has 0 spiro atoms. The molecule has 1 aliphatic heterocycles. The molecule has 0 radical (unpaired) electrons. The van der Waals surface area contributed by atoms with Crippen LogP contribution in [0.3, 0.4) is 0 Å². The minimum absolute atomic E-state index is 0.162. The Bertz CT molecular complexity index is 491. The van der Waals surface area contributed by atoms with Crippen LogP contribution in [0, 0.1) is 19.8 Å². The molecule has 2 heterocycles. The van der Waals surface area contributed by atoms with Crippen LogP contribution in [-0.4, -0.2) is 29.8 Å². The highest BCUT2D eigenvalue weighted by Gasteiger charge is 2.36. The topological polar surface area (TPSA) is 76.4 Å². The summed E-state index contributed by atoms with van der Waals surface area (Å²) in [5.74, 6) is 2.06. The van der Waals surface area contributed by atoms with E-state index < -0.39 is 0 Å². The van der Waals surface area contributed by atoms with Crippen molar-refractivity contribution in [2.75, 3.05) is 6.61 Å². The number of rotatable bonds is 4. The average molecular weight is 293 g/mol. The molecule has 2 atom stereocenters. The van der Waals surface area contributed by atoms with E-state index in [1.54, 1.807) is 0 Å². The van der Waals surface area contributed by atoms with E-state index in [0.29, 0.717) is 18.5 Å². The number of carbonyl (C=O) groups is 1. The van der Waals surface area contributed by atoms with E-state index in [4.69, 9.17) is 9.15 Å². The first-order valence-electron chi connectivity index (χ1n) is 7.70. The number of nitrogens with zero attached hydrogens (tertiary/aromatic N) is 1. The Labute approximate surface area is 124 Å². The number of urea groups is 1. The summed E-state index contributed by atoms with van der Waals surface area (Å²) in [6.07, 6.45) is 4.68. The lowest BCUT2D eigenvalue weighted by atomic mass is 10.0. The predicted molar refractivity (Wildman–Crippen MR) is 76.8 cm³/mol. The van der Waals surface area contributed by atoms with E-state index >= 15 is 0 Å². The molecule has 0 unspecified atom stereocenters. The number of hydrogen-bond donors (Lipinski definition) is 2. The summed E-state index contributed by atoms with van der Waals surface area (Å²) >= 11 is 0. The molecule has 6 heteroatoms. The maximum Gasteiger partial charge on any atom is 0.315 e.